The fourth-order valence-corrected chi connectivity index (χ4v) is 2.27. The third-order valence-corrected chi connectivity index (χ3v) is 3.62. The molecule has 6 heteroatoms. The average molecular weight is 268 g/mol. The van der Waals surface area contributed by atoms with E-state index in [0.717, 1.165) is 6.42 Å². The zero-order valence-corrected chi connectivity index (χ0v) is 11.6. The van der Waals surface area contributed by atoms with E-state index in [1.54, 1.807) is 16.7 Å². The zero-order chi connectivity index (χ0) is 13.8. The van der Waals surface area contributed by atoms with Crippen molar-refractivity contribution in [1.29, 1.82) is 10.5 Å². The van der Waals surface area contributed by atoms with Crippen LogP contribution in [0.3, 0.4) is 0 Å². The van der Waals surface area contributed by atoms with E-state index in [2.05, 4.69) is 0 Å². The number of rotatable bonds is 9. The van der Waals surface area contributed by atoms with Crippen molar-refractivity contribution in [3.05, 3.63) is 0 Å². The summed E-state index contributed by atoms with van der Waals surface area (Å²) in [5.41, 5.74) is 5.45. The van der Waals surface area contributed by atoms with Gasteiger partial charge in [-0.3, -0.25) is 4.79 Å². The van der Waals surface area contributed by atoms with Crippen LogP contribution in [0.15, 0.2) is 0 Å². The molecule has 0 rings (SSSR count). The van der Waals surface area contributed by atoms with E-state index in [0.29, 0.717) is 43.5 Å². The second-order valence-electron chi connectivity index (χ2n) is 3.90. The summed E-state index contributed by atoms with van der Waals surface area (Å²) in [5.74, 6) is 0.382. The molecule has 0 aromatic heterocycles. The largest absolute Gasteiger partial charge is 0.340 e. The first-order valence-corrected chi connectivity index (χ1v) is 7.04. The standard InChI is InChI=1S/C12H20N4OS/c1-11(4-7-15)18-10-12(17)16(8-2-5-13)9-3-6-14/h11H,2-4,7-10,15H2,1H3. The molecule has 1 amide bonds. The van der Waals surface area contributed by atoms with Crippen molar-refractivity contribution in [2.24, 2.45) is 5.73 Å². The fourth-order valence-electron chi connectivity index (χ4n) is 1.35. The summed E-state index contributed by atoms with van der Waals surface area (Å²) >= 11 is 1.57. The predicted octanol–water partition coefficient (Wildman–Crippen LogP) is 1.11. The Labute approximate surface area is 113 Å². The van der Waals surface area contributed by atoms with E-state index < -0.39 is 0 Å². The van der Waals surface area contributed by atoms with Crippen molar-refractivity contribution in [2.75, 3.05) is 25.4 Å². The van der Waals surface area contributed by atoms with Crippen LogP contribution in [0, 0.1) is 22.7 Å². The van der Waals surface area contributed by atoms with Crippen molar-refractivity contribution >= 4 is 17.7 Å². The molecule has 0 aliphatic rings. The Morgan fingerprint density at radius 3 is 2.33 bits per heavy atom. The van der Waals surface area contributed by atoms with Gasteiger partial charge in [-0.25, -0.2) is 0 Å². The minimum atomic E-state index is -0.00521. The van der Waals surface area contributed by atoms with Crippen molar-refractivity contribution < 1.29 is 4.79 Å². The highest BCUT2D eigenvalue weighted by Crippen LogP contribution is 2.14. The molecule has 0 spiro atoms. The topological polar surface area (TPSA) is 93.9 Å². The van der Waals surface area contributed by atoms with Crippen LogP contribution in [-0.2, 0) is 4.79 Å². The van der Waals surface area contributed by atoms with E-state index in [-0.39, 0.29) is 5.91 Å². The quantitative estimate of drug-likeness (QED) is 0.676. The first kappa shape index (κ1) is 16.8. The minimum Gasteiger partial charge on any atom is -0.340 e. The molecule has 0 aromatic rings. The van der Waals surface area contributed by atoms with E-state index >= 15 is 0 Å². The zero-order valence-electron chi connectivity index (χ0n) is 10.8. The molecule has 0 fully saturated rings. The van der Waals surface area contributed by atoms with Gasteiger partial charge in [0.25, 0.3) is 0 Å². The maximum atomic E-state index is 11.9. The summed E-state index contributed by atoms with van der Waals surface area (Å²) in [6, 6.07) is 4.03. The predicted molar refractivity (Wildman–Crippen MR) is 72.6 cm³/mol. The molecule has 1 unspecified atom stereocenters. The molecule has 0 aliphatic carbocycles. The second kappa shape index (κ2) is 10.9. The number of nitrogens with two attached hydrogens (primary N) is 1. The third-order valence-electron chi connectivity index (χ3n) is 2.40. The Kier molecular flexibility index (Phi) is 10.1. The van der Waals surface area contributed by atoms with Gasteiger partial charge < -0.3 is 10.6 Å². The number of carbonyl (C=O) groups excluding carboxylic acids is 1. The number of nitrogens with zero attached hydrogens (tertiary/aromatic N) is 3. The number of hydrogen-bond acceptors (Lipinski definition) is 5. The van der Waals surface area contributed by atoms with Crippen LogP contribution in [0.2, 0.25) is 0 Å². The summed E-state index contributed by atoms with van der Waals surface area (Å²) in [5, 5.41) is 17.4. The molecule has 0 heterocycles. The first-order chi connectivity index (χ1) is 8.65. The Morgan fingerprint density at radius 2 is 1.89 bits per heavy atom. The first-order valence-electron chi connectivity index (χ1n) is 5.99. The van der Waals surface area contributed by atoms with Crippen LogP contribution < -0.4 is 5.73 Å². The van der Waals surface area contributed by atoms with E-state index in [4.69, 9.17) is 16.3 Å². The summed E-state index contributed by atoms with van der Waals surface area (Å²) in [7, 11) is 0. The van der Waals surface area contributed by atoms with Crippen LogP contribution in [0.25, 0.3) is 0 Å². The number of amides is 1. The highest BCUT2D eigenvalue weighted by atomic mass is 32.2. The van der Waals surface area contributed by atoms with Crippen LogP contribution in [-0.4, -0.2) is 41.4 Å². The lowest BCUT2D eigenvalue weighted by Crippen LogP contribution is -2.34. The lowest BCUT2D eigenvalue weighted by atomic mass is 10.3. The van der Waals surface area contributed by atoms with E-state index in [1.807, 2.05) is 19.1 Å². The van der Waals surface area contributed by atoms with E-state index in [1.165, 1.54) is 0 Å². The molecule has 0 radical (unpaired) electrons. The number of hydrogen-bond donors (Lipinski definition) is 1. The molecule has 5 nitrogen and oxygen atoms in total. The fraction of sp³-hybridized carbons (Fsp3) is 0.750. The summed E-state index contributed by atoms with van der Waals surface area (Å²) in [6.07, 6.45) is 1.49. The summed E-state index contributed by atoms with van der Waals surface area (Å²) < 4.78 is 0. The van der Waals surface area contributed by atoms with Crippen LogP contribution in [0.4, 0.5) is 0 Å². The molecule has 0 saturated heterocycles. The van der Waals surface area contributed by atoms with Gasteiger partial charge >= 0.3 is 0 Å². The monoisotopic (exact) mass is 268 g/mol. The third kappa shape index (κ3) is 7.94. The van der Waals surface area contributed by atoms with Crippen molar-refractivity contribution in [3.63, 3.8) is 0 Å². The Hall–Kier alpha value is -1.24. The Bertz CT molecular complexity index is 303. The van der Waals surface area contributed by atoms with Gasteiger partial charge in [-0.05, 0) is 13.0 Å². The summed E-state index contributed by atoms with van der Waals surface area (Å²) in [4.78, 5) is 13.5. The molecule has 18 heavy (non-hydrogen) atoms. The highest BCUT2D eigenvalue weighted by Gasteiger charge is 2.14. The van der Waals surface area contributed by atoms with Crippen molar-refractivity contribution in [1.82, 2.24) is 4.90 Å². The van der Waals surface area contributed by atoms with Crippen molar-refractivity contribution in [2.45, 2.75) is 31.4 Å². The van der Waals surface area contributed by atoms with Crippen LogP contribution in [0.1, 0.15) is 26.2 Å². The molecular formula is C12H20N4OS. The number of nitriles is 2. The smallest absolute Gasteiger partial charge is 0.232 e. The molecule has 0 aromatic carbocycles. The Morgan fingerprint density at radius 1 is 1.33 bits per heavy atom. The maximum absolute atomic E-state index is 11.9. The van der Waals surface area contributed by atoms with Gasteiger partial charge in [0.1, 0.15) is 0 Å². The van der Waals surface area contributed by atoms with E-state index in [9.17, 15) is 4.79 Å². The molecule has 2 N–H and O–H groups in total. The lowest BCUT2D eigenvalue weighted by molar-refractivity contribution is -0.128. The second-order valence-corrected chi connectivity index (χ2v) is 5.32. The molecule has 0 bridgehead atoms. The SMILES string of the molecule is CC(CCN)SCC(=O)N(CCC#N)CCC#N. The average Bonchev–Trinajstić information content (AvgIpc) is 2.36. The van der Waals surface area contributed by atoms with Gasteiger partial charge in [-0.2, -0.15) is 10.5 Å². The lowest BCUT2D eigenvalue weighted by Gasteiger charge is -2.21. The van der Waals surface area contributed by atoms with Gasteiger partial charge in [0.05, 0.1) is 30.7 Å². The minimum absolute atomic E-state index is 0.00521. The molecular weight excluding hydrogens is 248 g/mol. The van der Waals surface area contributed by atoms with Gasteiger partial charge in [0.15, 0.2) is 0 Å². The highest BCUT2D eigenvalue weighted by molar-refractivity contribution is 8.00. The van der Waals surface area contributed by atoms with Crippen LogP contribution in [0.5, 0.6) is 0 Å². The molecule has 0 aliphatic heterocycles. The van der Waals surface area contributed by atoms with Crippen molar-refractivity contribution in [3.8, 4) is 12.1 Å². The summed E-state index contributed by atoms with van der Waals surface area (Å²) in [6.45, 7) is 3.47. The number of thioether (sulfide) groups is 1. The molecule has 0 saturated carbocycles. The van der Waals surface area contributed by atoms with Gasteiger partial charge in [0.2, 0.25) is 5.91 Å². The number of carbonyl (C=O) groups is 1. The van der Waals surface area contributed by atoms with Gasteiger partial charge in [-0.15, -0.1) is 11.8 Å². The van der Waals surface area contributed by atoms with Gasteiger partial charge in [0, 0.05) is 18.3 Å². The molecule has 100 valence electrons. The maximum Gasteiger partial charge on any atom is 0.232 e. The Balaban J connectivity index is 4.12. The molecule has 1 atom stereocenters. The normalized spacial score (nSPS) is 11.3. The van der Waals surface area contributed by atoms with Gasteiger partial charge in [-0.1, -0.05) is 6.92 Å². The van der Waals surface area contributed by atoms with Crippen LogP contribution >= 0.6 is 11.8 Å².